The molecular weight excluding hydrogens is 511 g/mol. The van der Waals surface area contributed by atoms with Gasteiger partial charge >= 0.3 is 0 Å². The molecule has 9 heteroatoms. The molecule has 0 radical (unpaired) electrons. The molecule has 0 saturated carbocycles. The Hall–Kier alpha value is -3.95. The van der Waals surface area contributed by atoms with Crippen LogP contribution in [0, 0.1) is 5.82 Å². The van der Waals surface area contributed by atoms with E-state index in [9.17, 15) is 22.4 Å². The summed E-state index contributed by atoms with van der Waals surface area (Å²) in [6, 6.07) is 22.4. The Morgan fingerprint density at radius 2 is 1.73 bits per heavy atom. The van der Waals surface area contributed by atoms with Crippen LogP contribution in [0.5, 0.6) is 0 Å². The van der Waals surface area contributed by atoms with E-state index in [-0.39, 0.29) is 21.0 Å². The van der Waals surface area contributed by atoms with E-state index in [1.807, 2.05) is 54.6 Å². The number of rotatable bonds is 7. The highest BCUT2D eigenvalue weighted by Crippen LogP contribution is 2.28. The summed E-state index contributed by atoms with van der Waals surface area (Å²) in [6.07, 6.45) is 1.51. The fraction of sp³-hybridized carbons (Fsp3) is 0.107. The van der Waals surface area contributed by atoms with Gasteiger partial charge in [-0.2, -0.15) is 0 Å². The Kier molecular flexibility index (Phi) is 6.57. The Bertz CT molecular complexity index is 1810. The van der Waals surface area contributed by atoms with Gasteiger partial charge in [-0.1, -0.05) is 72.0 Å². The van der Waals surface area contributed by atoms with Gasteiger partial charge < -0.3 is 4.57 Å². The predicted molar refractivity (Wildman–Crippen MR) is 142 cm³/mol. The van der Waals surface area contributed by atoms with Crippen molar-refractivity contribution in [3.05, 3.63) is 117 Å². The topological polar surface area (TPSA) is 86.1 Å². The Labute approximate surface area is 216 Å². The number of aromatic nitrogens is 2. The third-order valence-electron chi connectivity index (χ3n) is 5.95. The number of carbonyl (C=O) groups excluding carboxylic acids is 1. The summed E-state index contributed by atoms with van der Waals surface area (Å²) in [5, 5.41) is 0.183. The lowest BCUT2D eigenvalue weighted by Crippen LogP contribution is -2.18. The maximum Gasteiger partial charge on any atom is 0.219 e. The highest BCUT2D eigenvalue weighted by molar-refractivity contribution is 7.90. The number of hydrogen-bond acceptors (Lipinski definition) is 6. The zero-order valence-electron chi connectivity index (χ0n) is 19.7. The van der Waals surface area contributed by atoms with Crippen LogP contribution in [0.4, 0.5) is 4.39 Å². The minimum atomic E-state index is -3.91. The summed E-state index contributed by atoms with van der Waals surface area (Å²) in [6.45, 7) is 1.65. The molecule has 0 aliphatic rings. The van der Waals surface area contributed by atoms with E-state index in [0.717, 1.165) is 34.1 Å². The minimum absolute atomic E-state index is 0.0190. The monoisotopic (exact) mass is 532 g/mol. The summed E-state index contributed by atoms with van der Waals surface area (Å²) in [5.74, 6) is -1.56. The molecule has 186 valence electrons. The fourth-order valence-electron chi connectivity index (χ4n) is 4.18. The van der Waals surface area contributed by atoms with Gasteiger partial charge in [0.05, 0.1) is 10.5 Å². The van der Waals surface area contributed by atoms with Gasteiger partial charge in [0.25, 0.3) is 0 Å². The number of halogens is 1. The molecule has 3 aromatic carbocycles. The maximum atomic E-state index is 13.6. The molecule has 0 aliphatic carbocycles. The van der Waals surface area contributed by atoms with Gasteiger partial charge in [0, 0.05) is 12.7 Å². The molecule has 37 heavy (non-hydrogen) atoms. The molecule has 0 amide bonds. The van der Waals surface area contributed by atoms with E-state index in [1.54, 1.807) is 4.57 Å². The molecular formula is C28H21FN2O4S2. The standard InChI is InChI=1S/C28H21FN2O4S2/c1-18(32)24-16-31(15-20-10-5-6-13-23(20)19-8-3-2-4-9-19)28-26(27(24)33)30-25(36-28)17-37(34,35)22-12-7-11-21(29)14-22/h2-14,16H,15,17H2,1H3. The smallest absolute Gasteiger partial charge is 0.219 e. The van der Waals surface area contributed by atoms with Crippen molar-refractivity contribution in [1.82, 2.24) is 9.55 Å². The molecule has 6 nitrogen and oxygen atoms in total. The molecule has 5 rings (SSSR count). The summed E-state index contributed by atoms with van der Waals surface area (Å²) in [4.78, 5) is 30.0. The quantitative estimate of drug-likeness (QED) is 0.259. The molecule has 0 N–H and O–H groups in total. The lowest BCUT2D eigenvalue weighted by Gasteiger charge is -2.14. The van der Waals surface area contributed by atoms with Crippen LogP contribution in [0.25, 0.3) is 21.5 Å². The number of fused-ring (bicyclic) bond motifs is 1. The second-order valence-corrected chi connectivity index (χ2v) is 11.6. The first-order chi connectivity index (χ1) is 17.7. The fourth-order valence-corrected chi connectivity index (χ4v) is 6.84. The molecule has 2 aromatic heterocycles. The van der Waals surface area contributed by atoms with Crippen molar-refractivity contribution >= 4 is 37.3 Å². The molecule has 0 spiro atoms. The molecule has 5 aromatic rings. The number of hydrogen-bond donors (Lipinski definition) is 0. The van der Waals surface area contributed by atoms with Gasteiger partial charge in [-0.25, -0.2) is 17.8 Å². The van der Waals surface area contributed by atoms with Crippen molar-refractivity contribution in [2.24, 2.45) is 0 Å². The zero-order valence-corrected chi connectivity index (χ0v) is 21.4. The minimum Gasteiger partial charge on any atom is -0.333 e. The van der Waals surface area contributed by atoms with E-state index in [2.05, 4.69) is 4.98 Å². The second kappa shape index (κ2) is 9.84. The second-order valence-electron chi connectivity index (χ2n) is 8.56. The summed E-state index contributed by atoms with van der Waals surface area (Å²) < 4.78 is 41.3. The Morgan fingerprint density at radius 3 is 2.46 bits per heavy atom. The normalized spacial score (nSPS) is 11.6. The van der Waals surface area contributed by atoms with Crippen molar-refractivity contribution in [3.8, 4) is 11.1 Å². The van der Waals surface area contributed by atoms with E-state index >= 15 is 0 Å². The highest BCUT2D eigenvalue weighted by Gasteiger charge is 2.22. The van der Waals surface area contributed by atoms with Crippen molar-refractivity contribution in [2.75, 3.05) is 0 Å². The van der Waals surface area contributed by atoms with Crippen molar-refractivity contribution in [2.45, 2.75) is 24.1 Å². The number of thiazole rings is 1. The Morgan fingerprint density at radius 1 is 1.00 bits per heavy atom. The van der Waals surface area contributed by atoms with Gasteiger partial charge in [-0.3, -0.25) is 9.59 Å². The van der Waals surface area contributed by atoms with Crippen LogP contribution in [0.15, 0.2) is 94.7 Å². The molecule has 0 atom stereocenters. The average Bonchev–Trinajstić information content (AvgIpc) is 3.30. The van der Waals surface area contributed by atoms with Crippen molar-refractivity contribution in [1.29, 1.82) is 0 Å². The largest absolute Gasteiger partial charge is 0.333 e. The SMILES string of the molecule is CC(=O)c1cn(Cc2ccccc2-c2ccccc2)c2sc(CS(=O)(=O)c3cccc(F)c3)nc2c1=O. The number of carbonyl (C=O) groups is 1. The van der Waals surface area contributed by atoms with Crippen LogP contribution in [0.2, 0.25) is 0 Å². The first kappa shape index (κ1) is 24.7. The first-order valence-corrected chi connectivity index (χ1v) is 13.9. The van der Waals surface area contributed by atoms with Crippen molar-refractivity contribution in [3.63, 3.8) is 0 Å². The molecule has 0 fully saturated rings. The molecule has 0 aliphatic heterocycles. The number of benzene rings is 3. The van der Waals surface area contributed by atoms with Crippen LogP contribution in [0.1, 0.15) is 27.9 Å². The molecule has 0 unspecified atom stereocenters. The van der Waals surface area contributed by atoms with Gasteiger partial charge in [-0.05, 0) is 41.8 Å². The van der Waals surface area contributed by atoms with Gasteiger partial charge in [-0.15, -0.1) is 0 Å². The summed E-state index contributed by atoms with van der Waals surface area (Å²) in [5.41, 5.74) is 2.45. The van der Waals surface area contributed by atoms with Crippen LogP contribution in [-0.4, -0.2) is 23.8 Å². The number of sulfone groups is 1. The number of nitrogens with zero attached hydrogens (tertiary/aromatic N) is 2. The Balaban J connectivity index is 1.62. The van der Waals surface area contributed by atoms with E-state index < -0.39 is 32.6 Å². The molecule has 0 bridgehead atoms. The van der Waals surface area contributed by atoms with E-state index in [1.165, 1.54) is 31.3 Å². The average molecular weight is 533 g/mol. The van der Waals surface area contributed by atoms with Gasteiger partial charge in [0.15, 0.2) is 15.6 Å². The number of pyridine rings is 1. The third-order valence-corrected chi connectivity index (χ3v) is 8.85. The summed E-state index contributed by atoms with van der Waals surface area (Å²) in [7, 11) is -3.91. The van der Waals surface area contributed by atoms with Crippen LogP contribution in [0.3, 0.4) is 0 Å². The van der Waals surface area contributed by atoms with Crippen molar-refractivity contribution < 1.29 is 17.6 Å². The number of ketones is 1. The summed E-state index contributed by atoms with van der Waals surface area (Å²) >= 11 is 1.07. The van der Waals surface area contributed by atoms with Crippen LogP contribution in [-0.2, 0) is 22.1 Å². The zero-order chi connectivity index (χ0) is 26.2. The molecule has 2 heterocycles. The van der Waals surface area contributed by atoms with Gasteiger partial charge in [0.1, 0.15) is 26.9 Å². The van der Waals surface area contributed by atoms with E-state index in [4.69, 9.17) is 0 Å². The van der Waals surface area contributed by atoms with Crippen LogP contribution < -0.4 is 5.43 Å². The van der Waals surface area contributed by atoms with E-state index in [0.29, 0.717) is 11.4 Å². The van der Waals surface area contributed by atoms with Gasteiger partial charge in [0.2, 0.25) is 5.43 Å². The van der Waals surface area contributed by atoms with Crippen LogP contribution >= 0.6 is 11.3 Å². The lowest BCUT2D eigenvalue weighted by molar-refractivity contribution is 0.101. The highest BCUT2D eigenvalue weighted by atomic mass is 32.2. The predicted octanol–water partition coefficient (Wildman–Crippen LogP) is 5.49. The lowest BCUT2D eigenvalue weighted by atomic mass is 9.99. The number of Topliss-reactive ketones (excluding diaryl/α,β-unsaturated/α-hetero) is 1. The third kappa shape index (κ3) is 5.00. The maximum absolute atomic E-state index is 13.6. The first-order valence-electron chi connectivity index (χ1n) is 11.4. The molecule has 0 saturated heterocycles.